The van der Waals surface area contributed by atoms with Crippen molar-refractivity contribution in [1.82, 2.24) is 9.88 Å². The number of carbonyl (C=O) groups is 2. The molecule has 1 N–H and O–H groups in total. The second-order valence-corrected chi connectivity index (χ2v) is 9.40. The van der Waals surface area contributed by atoms with Gasteiger partial charge in [0.05, 0.1) is 36.4 Å². The number of alkyl halides is 9. The molecule has 1 fully saturated rings. The molecule has 4 rings (SSSR count). The Kier molecular flexibility index (Phi) is 8.00. The molecular formula is C27H21F9N2O4. The highest BCUT2D eigenvalue weighted by molar-refractivity contribution is 5.93. The Morgan fingerprint density at radius 2 is 1.52 bits per heavy atom. The van der Waals surface area contributed by atoms with Crippen molar-refractivity contribution >= 4 is 12.1 Å². The molecule has 0 spiro atoms. The molecule has 1 aliphatic heterocycles. The Bertz CT molecular complexity index is 1460. The molecule has 2 heterocycles. The van der Waals surface area contributed by atoms with Gasteiger partial charge < -0.3 is 14.5 Å². The maximum atomic E-state index is 14.3. The van der Waals surface area contributed by atoms with E-state index in [4.69, 9.17) is 9.47 Å². The number of amides is 1. The number of rotatable bonds is 6. The van der Waals surface area contributed by atoms with Crippen LogP contribution in [0.2, 0.25) is 0 Å². The summed E-state index contributed by atoms with van der Waals surface area (Å²) in [6, 6.07) is 6.48. The van der Waals surface area contributed by atoms with Crippen molar-refractivity contribution in [1.29, 1.82) is 0 Å². The Morgan fingerprint density at radius 3 is 2.02 bits per heavy atom. The summed E-state index contributed by atoms with van der Waals surface area (Å²) < 4.78 is 133. The Morgan fingerprint density at radius 1 is 0.952 bits per heavy atom. The summed E-state index contributed by atoms with van der Waals surface area (Å²) in [7, 11) is 0. The zero-order valence-electron chi connectivity index (χ0n) is 21.7. The molecule has 1 saturated heterocycles. The number of nitrogens with zero attached hydrogens (tertiary/aromatic N) is 1. The molecule has 1 aromatic heterocycles. The first kappa shape index (κ1) is 30.8. The normalized spacial score (nSPS) is 16.1. The third kappa shape index (κ3) is 6.34. The number of cyclic esters (lactones) is 1. The van der Waals surface area contributed by atoms with Gasteiger partial charge in [-0.15, -0.1) is 0 Å². The number of carbonyl (C=O) groups excluding carboxylic acids is 2. The number of halogens is 9. The summed E-state index contributed by atoms with van der Waals surface area (Å²) in [5, 5.41) is 0. The zero-order valence-corrected chi connectivity index (χ0v) is 21.7. The summed E-state index contributed by atoms with van der Waals surface area (Å²) >= 11 is 0. The lowest BCUT2D eigenvalue weighted by Crippen LogP contribution is -2.24. The smallest absolute Gasteiger partial charge is 0.419 e. The van der Waals surface area contributed by atoms with Crippen molar-refractivity contribution in [2.75, 3.05) is 13.2 Å². The average Bonchev–Trinajstić information content (AvgIpc) is 3.44. The van der Waals surface area contributed by atoms with Gasteiger partial charge >= 0.3 is 30.6 Å². The molecule has 6 nitrogen and oxygen atoms in total. The molecule has 15 heteroatoms. The number of hydrogen-bond donors (Lipinski definition) is 1. The van der Waals surface area contributed by atoms with E-state index in [1.165, 1.54) is 31.2 Å². The fraction of sp³-hybridized carbons (Fsp3) is 0.333. The van der Waals surface area contributed by atoms with E-state index in [1.54, 1.807) is 6.92 Å². The molecule has 226 valence electrons. The Balaban J connectivity index is 1.77. The van der Waals surface area contributed by atoms with Gasteiger partial charge in [0.25, 0.3) is 0 Å². The van der Waals surface area contributed by atoms with E-state index < -0.39 is 83.3 Å². The van der Waals surface area contributed by atoms with Gasteiger partial charge in [-0.25, -0.2) is 9.59 Å². The lowest BCUT2D eigenvalue weighted by molar-refractivity contribution is -0.143. The van der Waals surface area contributed by atoms with Crippen LogP contribution in [0, 0.1) is 6.92 Å². The van der Waals surface area contributed by atoms with Gasteiger partial charge in [0.2, 0.25) is 0 Å². The fourth-order valence-electron chi connectivity index (χ4n) is 4.52. The van der Waals surface area contributed by atoms with Crippen LogP contribution in [0.5, 0.6) is 0 Å². The van der Waals surface area contributed by atoms with Crippen LogP contribution in [0.1, 0.15) is 57.0 Å². The highest BCUT2D eigenvalue weighted by atomic mass is 19.4. The van der Waals surface area contributed by atoms with Crippen LogP contribution < -0.4 is 0 Å². The van der Waals surface area contributed by atoms with Crippen LogP contribution in [0.3, 0.4) is 0 Å². The van der Waals surface area contributed by atoms with Crippen LogP contribution in [0.4, 0.5) is 44.3 Å². The summed E-state index contributed by atoms with van der Waals surface area (Å²) in [4.78, 5) is 28.3. The van der Waals surface area contributed by atoms with Gasteiger partial charge in [-0.3, -0.25) is 4.90 Å². The van der Waals surface area contributed by atoms with Gasteiger partial charge in [-0.2, -0.15) is 39.5 Å². The minimum Gasteiger partial charge on any atom is -0.461 e. The monoisotopic (exact) mass is 608 g/mol. The van der Waals surface area contributed by atoms with Crippen molar-refractivity contribution in [2.45, 2.75) is 45.0 Å². The summed E-state index contributed by atoms with van der Waals surface area (Å²) in [6.07, 6.45) is -18.2. The van der Waals surface area contributed by atoms with Crippen molar-refractivity contribution in [3.8, 4) is 11.1 Å². The highest BCUT2D eigenvalue weighted by Gasteiger charge is 2.44. The summed E-state index contributed by atoms with van der Waals surface area (Å²) in [5.74, 6) is -1.32. The zero-order chi connectivity index (χ0) is 31.2. The minimum atomic E-state index is -5.15. The Labute approximate surface area is 232 Å². The molecule has 1 unspecified atom stereocenters. The van der Waals surface area contributed by atoms with Crippen LogP contribution >= 0.6 is 0 Å². The van der Waals surface area contributed by atoms with Crippen molar-refractivity contribution in [3.63, 3.8) is 0 Å². The van der Waals surface area contributed by atoms with Crippen LogP contribution in [0.15, 0.2) is 42.5 Å². The fourth-order valence-corrected chi connectivity index (χ4v) is 4.52. The van der Waals surface area contributed by atoms with Crippen molar-refractivity contribution < 1.29 is 58.6 Å². The predicted molar refractivity (Wildman–Crippen MR) is 128 cm³/mol. The van der Waals surface area contributed by atoms with Crippen LogP contribution in [-0.4, -0.2) is 35.1 Å². The maximum Gasteiger partial charge on any atom is 0.419 e. The molecule has 1 amide bonds. The second kappa shape index (κ2) is 10.9. The number of benzene rings is 2. The number of esters is 1. The molecular weight excluding hydrogens is 587 g/mol. The largest absolute Gasteiger partial charge is 0.461 e. The van der Waals surface area contributed by atoms with E-state index >= 15 is 0 Å². The topological polar surface area (TPSA) is 71.6 Å². The van der Waals surface area contributed by atoms with Crippen molar-refractivity contribution in [2.24, 2.45) is 0 Å². The van der Waals surface area contributed by atoms with E-state index in [0.29, 0.717) is 17.7 Å². The van der Waals surface area contributed by atoms with Gasteiger partial charge in [-0.1, -0.05) is 29.8 Å². The molecule has 0 bridgehead atoms. The SMILES string of the molecule is CCOC(=O)c1[nH]c(CN2CC(c3cc(C(F)(F)F)cc(C(F)(F)F)c3)OC2=O)c(-c2ccc(C)cc2)c1C(F)(F)F. The van der Waals surface area contributed by atoms with E-state index in [0.717, 1.165) is 4.90 Å². The van der Waals surface area contributed by atoms with Crippen LogP contribution in [0.25, 0.3) is 11.1 Å². The van der Waals surface area contributed by atoms with Gasteiger partial charge in [-0.05, 0) is 43.2 Å². The molecule has 0 radical (unpaired) electrons. The minimum absolute atomic E-state index is 0.0199. The number of hydrogen-bond acceptors (Lipinski definition) is 4. The summed E-state index contributed by atoms with van der Waals surface area (Å²) in [5.41, 5.74) is -6.20. The van der Waals surface area contributed by atoms with Crippen molar-refractivity contribution in [3.05, 3.63) is 81.7 Å². The second-order valence-electron chi connectivity index (χ2n) is 9.40. The number of H-pyrrole nitrogens is 1. The van der Waals surface area contributed by atoms with E-state index in [-0.39, 0.29) is 23.9 Å². The predicted octanol–water partition coefficient (Wildman–Crippen LogP) is 7.92. The summed E-state index contributed by atoms with van der Waals surface area (Å²) in [6.45, 7) is 1.57. The first-order valence-corrected chi connectivity index (χ1v) is 12.2. The lowest BCUT2D eigenvalue weighted by Gasteiger charge is -2.17. The molecule has 0 aliphatic carbocycles. The molecule has 1 aliphatic rings. The first-order chi connectivity index (χ1) is 19.4. The first-order valence-electron chi connectivity index (χ1n) is 12.2. The molecule has 0 saturated carbocycles. The Hall–Kier alpha value is -4.17. The van der Waals surface area contributed by atoms with Gasteiger partial charge in [0.15, 0.2) is 0 Å². The number of ether oxygens (including phenoxy) is 2. The van der Waals surface area contributed by atoms with Gasteiger partial charge in [0, 0.05) is 11.3 Å². The number of aryl methyl sites for hydroxylation is 1. The standard InChI is InChI=1S/C27H21F9N2O4/c1-3-41-23(39)22-21(27(34,35)36)20(14-6-4-13(2)5-7-14)18(37-22)11-38-12-19(42-24(38)40)15-8-16(25(28,29)30)10-17(9-15)26(31,32)33/h4-10,19,37H,3,11-12H2,1-2H3. The van der Waals surface area contributed by atoms with E-state index in [9.17, 15) is 49.1 Å². The molecule has 42 heavy (non-hydrogen) atoms. The number of aromatic nitrogens is 1. The quantitative estimate of drug-likeness (QED) is 0.228. The van der Waals surface area contributed by atoms with Crippen LogP contribution in [-0.2, 0) is 34.5 Å². The number of aromatic amines is 1. The third-order valence-electron chi connectivity index (χ3n) is 6.40. The third-order valence-corrected chi connectivity index (χ3v) is 6.40. The maximum absolute atomic E-state index is 14.3. The van der Waals surface area contributed by atoms with Gasteiger partial charge in [0.1, 0.15) is 11.8 Å². The average molecular weight is 608 g/mol. The number of nitrogens with one attached hydrogen (secondary N) is 1. The molecule has 3 aromatic rings. The molecule has 2 aromatic carbocycles. The van der Waals surface area contributed by atoms with E-state index in [2.05, 4.69) is 4.98 Å². The highest BCUT2D eigenvalue weighted by Crippen LogP contribution is 2.44. The lowest BCUT2D eigenvalue weighted by atomic mass is 9.98. The van der Waals surface area contributed by atoms with E-state index in [1.807, 2.05) is 0 Å². The molecule has 1 atom stereocenters.